The molecule has 0 unspecified atom stereocenters. The van der Waals surface area contributed by atoms with Crippen LogP contribution in [0, 0.1) is 6.92 Å². The van der Waals surface area contributed by atoms with Crippen LogP contribution >= 0.6 is 24.2 Å². The van der Waals surface area contributed by atoms with Crippen molar-refractivity contribution >= 4 is 40.2 Å². The third-order valence-electron chi connectivity index (χ3n) is 5.13. The van der Waals surface area contributed by atoms with Crippen LogP contribution in [0.4, 0.5) is 0 Å². The molecule has 0 aliphatic carbocycles. The van der Waals surface area contributed by atoms with E-state index in [1.165, 1.54) is 27.0 Å². The van der Waals surface area contributed by atoms with Crippen molar-refractivity contribution in [1.82, 2.24) is 0 Å². The first kappa shape index (κ1) is 20.5. The number of rotatable bonds is 5. The van der Waals surface area contributed by atoms with E-state index in [0.717, 1.165) is 6.16 Å². The van der Waals surface area contributed by atoms with Gasteiger partial charge in [-0.25, -0.2) is 0 Å². The highest BCUT2D eigenvalue weighted by Crippen LogP contribution is 2.58. The van der Waals surface area contributed by atoms with Gasteiger partial charge < -0.3 is 0 Å². The molecule has 0 amide bonds. The Hall–Kier alpha value is -2.21. The summed E-state index contributed by atoms with van der Waals surface area (Å²) in [5.74, 6) is 0. The highest BCUT2D eigenvalue weighted by atomic mass is 79.9. The minimum atomic E-state index is -1.79. The topological polar surface area (TPSA) is 0 Å². The van der Waals surface area contributed by atoms with Gasteiger partial charge >= 0.3 is 0 Å². The molecule has 28 heavy (non-hydrogen) atoms. The normalized spacial score (nSPS) is 10.9. The van der Waals surface area contributed by atoms with E-state index in [-0.39, 0.29) is 17.0 Å². The predicted octanol–water partition coefficient (Wildman–Crippen LogP) is 6.07. The summed E-state index contributed by atoms with van der Waals surface area (Å²) in [5.41, 5.74) is 2.70. The van der Waals surface area contributed by atoms with Gasteiger partial charge in [-0.15, -0.1) is 17.0 Å². The van der Waals surface area contributed by atoms with E-state index in [1.54, 1.807) is 0 Å². The zero-order chi connectivity index (χ0) is 18.5. The Bertz CT molecular complexity index is 884. The Morgan fingerprint density at radius 1 is 0.500 bits per heavy atom. The number of benzene rings is 4. The molecule has 1 radical (unpaired) electrons. The maximum atomic E-state index is 2.31. The molecule has 0 bridgehead atoms. The molecule has 0 nitrogen and oxygen atoms in total. The van der Waals surface area contributed by atoms with Gasteiger partial charge in [-0.2, -0.15) is 0 Å². The van der Waals surface area contributed by atoms with Gasteiger partial charge in [-0.1, -0.05) is 121 Å². The Balaban J connectivity index is 0.00000225. The van der Waals surface area contributed by atoms with Gasteiger partial charge in [0.25, 0.3) is 0 Å². The van der Waals surface area contributed by atoms with Gasteiger partial charge in [0.1, 0.15) is 0 Å². The third-order valence-corrected chi connectivity index (χ3v) is 9.51. The van der Waals surface area contributed by atoms with Gasteiger partial charge in [0, 0.05) is 6.16 Å². The molecule has 0 N–H and O–H groups in total. The monoisotopic (exact) mass is 447 g/mol. The molecule has 0 heterocycles. The Labute approximate surface area is 179 Å². The van der Waals surface area contributed by atoms with Crippen LogP contribution in [-0.2, 0) is 6.16 Å². The van der Waals surface area contributed by atoms with E-state index in [2.05, 4.69) is 122 Å². The van der Waals surface area contributed by atoms with E-state index in [4.69, 9.17) is 0 Å². The second kappa shape index (κ2) is 9.32. The minimum absolute atomic E-state index is 0. The van der Waals surface area contributed by atoms with Crippen molar-refractivity contribution in [3.8, 4) is 0 Å². The number of halogens is 1. The summed E-state index contributed by atoms with van der Waals surface area (Å²) in [6, 6.07) is 42.2. The second-order valence-electron chi connectivity index (χ2n) is 6.96. The van der Waals surface area contributed by atoms with Gasteiger partial charge in [-0.3, -0.25) is 0 Å². The van der Waals surface area contributed by atoms with Crippen molar-refractivity contribution in [1.29, 1.82) is 0 Å². The van der Waals surface area contributed by atoms with Crippen molar-refractivity contribution in [2.75, 3.05) is 0 Å². The molecule has 4 aromatic rings. The molecule has 0 atom stereocenters. The number of hydrogen-bond acceptors (Lipinski definition) is 0. The lowest BCUT2D eigenvalue weighted by Crippen LogP contribution is -2.32. The molecule has 4 aromatic carbocycles. The molecule has 141 valence electrons. The summed E-state index contributed by atoms with van der Waals surface area (Å²) in [4.78, 5) is 0. The van der Waals surface area contributed by atoms with Crippen LogP contribution in [-0.4, -0.2) is 0 Å². The third kappa shape index (κ3) is 4.12. The average Bonchev–Trinajstić information content (AvgIpc) is 2.75. The van der Waals surface area contributed by atoms with Gasteiger partial charge in [0.2, 0.25) is 0 Å². The molecule has 0 aliphatic rings. The summed E-state index contributed by atoms with van der Waals surface area (Å²) in [6.45, 7) is 2.15. The van der Waals surface area contributed by atoms with Crippen molar-refractivity contribution in [2.24, 2.45) is 0 Å². The first-order valence-electron chi connectivity index (χ1n) is 9.39. The first-order valence-corrected chi connectivity index (χ1v) is 11.4. The average molecular weight is 448 g/mol. The Morgan fingerprint density at radius 3 is 1.21 bits per heavy atom. The summed E-state index contributed by atoms with van der Waals surface area (Å²) in [7, 11) is -1.79. The lowest BCUT2D eigenvalue weighted by atomic mass is 10.2. The van der Waals surface area contributed by atoms with Crippen LogP contribution < -0.4 is 15.9 Å². The van der Waals surface area contributed by atoms with Crippen LogP contribution in [0.1, 0.15) is 11.1 Å². The van der Waals surface area contributed by atoms with E-state index < -0.39 is 7.26 Å². The molecular formula is C26H25BrP. The Kier molecular flexibility index (Phi) is 6.83. The SMILES string of the molecule is Br.Cc1ccc(C[P](c2ccccc2)(c2ccccc2)c2ccccc2)cc1. The minimum Gasteiger partial charge on any atom is -0.114 e. The largest absolute Gasteiger partial charge is 0.114 e. The van der Waals surface area contributed by atoms with Crippen molar-refractivity contribution in [3.63, 3.8) is 0 Å². The molecule has 0 fully saturated rings. The molecule has 0 aliphatic heterocycles. The number of hydrogen-bond donors (Lipinski definition) is 0. The summed E-state index contributed by atoms with van der Waals surface area (Å²) < 4.78 is 0. The fraction of sp³-hybridized carbons (Fsp3) is 0.0769. The van der Waals surface area contributed by atoms with Crippen LogP contribution in [0.15, 0.2) is 115 Å². The highest BCUT2D eigenvalue weighted by molar-refractivity contribution is 8.93. The van der Waals surface area contributed by atoms with Crippen LogP contribution in [0.2, 0.25) is 0 Å². The van der Waals surface area contributed by atoms with Crippen LogP contribution in [0.25, 0.3) is 0 Å². The first-order chi connectivity index (χ1) is 13.3. The maximum absolute atomic E-state index is 2.31. The lowest BCUT2D eigenvalue weighted by molar-refractivity contribution is 1.35. The fourth-order valence-corrected chi connectivity index (χ4v) is 7.98. The lowest BCUT2D eigenvalue weighted by Gasteiger charge is -2.38. The number of aryl methyl sites for hydroxylation is 1. The smallest absolute Gasteiger partial charge is 0.000638 e. The quantitative estimate of drug-likeness (QED) is 0.325. The van der Waals surface area contributed by atoms with Gasteiger partial charge in [0.15, 0.2) is 0 Å². The fourth-order valence-electron chi connectivity index (χ4n) is 3.74. The highest BCUT2D eigenvalue weighted by Gasteiger charge is 2.33. The van der Waals surface area contributed by atoms with Crippen molar-refractivity contribution < 1.29 is 0 Å². The van der Waals surface area contributed by atoms with Gasteiger partial charge in [0.05, 0.1) is 0 Å². The predicted molar refractivity (Wildman–Crippen MR) is 130 cm³/mol. The van der Waals surface area contributed by atoms with E-state index in [1.807, 2.05) is 0 Å². The van der Waals surface area contributed by atoms with E-state index >= 15 is 0 Å². The molecule has 0 saturated heterocycles. The van der Waals surface area contributed by atoms with Crippen molar-refractivity contribution in [2.45, 2.75) is 13.1 Å². The zero-order valence-electron chi connectivity index (χ0n) is 16.0. The Morgan fingerprint density at radius 2 is 0.857 bits per heavy atom. The summed E-state index contributed by atoms with van der Waals surface area (Å²) in [6.07, 6.45) is 1.03. The molecule has 0 spiro atoms. The van der Waals surface area contributed by atoms with Crippen molar-refractivity contribution in [3.05, 3.63) is 126 Å². The molecule has 4 rings (SSSR count). The molecular weight excluding hydrogens is 423 g/mol. The second-order valence-corrected chi connectivity index (χ2v) is 10.4. The molecule has 2 heteroatoms. The maximum Gasteiger partial charge on any atom is 0.000638 e. The van der Waals surface area contributed by atoms with Crippen LogP contribution in [0.5, 0.6) is 0 Å². The molecule has 0 aromatic heterocycles. The van der Waals surface area contributed by atoms with Crippen LogP contribution in [0.3, 0.4) is 0 Å². The van der Waals surface area contributed by atoms with E-state index in [0.29, 0.717) is 0 Å². The zero-order valence-corrected chi connectivity index (χ0v) is 18.6. The van der Waals surface area contributed by atoms with E-state index in [9.17, 15) is 0 Å². The standard InChI is InChI=1S/C26H24P.BrH/c1-22-17-19-23(20-18-22)21-27(24-11-5-2-6-12-24,25-13-7-3-8-14-25)26-15-9-4-10-16-26;/h2-20H,21H2,1H3;1H. The summed E-state index contributed by atoms with van der Waals surface area (Å²) in [5, 5.41) is 4.30. The van der Waals surface area contributed by atoms with Gasteiger partial charge in [-0.05, 0) is 35.7 Å². The summed E-state index contributed by atoms with van der Waals surface area (Å²) >= 11 is 0. The molecule has 0 saturated carbocycles.